The average molecular weight is 178 g/mol. The van der Waals surface area contributed by atoms with Crippen LogP contribution in [0.4, 0.5) is 0 Å². The molecule has 0 unspecified atom stereocenters. The Balaban J connectivity index is 2.21. The Bertz CT molecular complexity index is 328. The zero-order valence-electron chi connectivity index (χ0n) is 6.60. The Labute approximate surface area is 74.1 Å². The van der Waals surface area contributed by atoms with E-state index in [-0.39, 0.29) is 0 Å². The van der Waals surface area contributed by atoms with Crippen molar-refractivity contribution in [2.45, 2.75) is 6.29 Å². The molecule has 0 spiro atoms. The van der Waals surface area contributed by atoms with Crippen molar-refractivity contribution >= 4 is 11.9 Å². The van der Waals surface area contributed by atoms with Crippen molar-refractivity contribution in [3.63, 3.8) is 0 Å². The predicted molar refractivity (Wildman–Crippen MR) is 41.4 cm³/mol. The molecule has 1 heterocycles. The normalized spacial score (nSPS) is 16.9. The fraction of sp³-hybridized carbons (Fsp3) is 0.111. The Morgan fingerprint density at radius 2 is 1.46 bits per heavy atom. The molecule has 0 bridgehead atoms. The Morgan fingerprint density at radius 1 is 0.923 bits per heavy atom. The van der Waals surface area contributed by atoms with Crippen LogP contribution < -0.4 is 0 Å². The molecule has 4 nitrogen and oxygen atoms in total. The first kappa shape index (κ1) is 7.79. The number of carbonyl (C=O) groups is 2. The molecule has 2 rings (SSSR count). The van der Waals surface area contributed by atoms with E-state index < -0.39 is 18.2 Å². The van der Waals surface area contributed by atoms with Gasteiger partial charge in [-0.25, -0.2) is 9.59 Å². The lowest BCUT2D eigenvalue weighted by Crippen LogP contribution is -2.05. The van der Waals surface area contributed by atoms with Crippen LogP contribution in [0.1, 0.15) is 11.9 Å². The average Bonchev–Trinajstić information content (AvgIpc) is 2.49. The van der Waals surface area contributed by atoms with E-state index in [1.165, 1.54) is 0 Å². The van der Waals surface area contributed by atoms with Crippen LogP contribution in [0.3, 0.4) is 0 Å². The second-order valence-electron chi connectivity index (χ2n) is 2.55. The van der Waals surface area contributed by atoms with Crippen LogP contribution in [0.25, 0.3) is 0 Å². The minimum atomic E-state index is -0.936. The summed E-state index contributed by atoms with van der Waals surface area (Å²) in [6, 6.07) is 8.81. The third kappa shape index (κ3) is 1.38. The number of hydrogen-bond donors (Lipinski definition) is 0. The molecule has 1 fully saturated rings. The van der Waals surface area contributed by atoms with Gasteiger partial charge in [0.1, 0.15) is 0 Å². The van der Waals surface area contributed by atoms with Crippen LogP contribution in [0, 0.1) is 0 Å². The van der Waals surface area contributed by atoms with Crippen LogP contribution >= 0.6 is 0 Å². The number of ether oxygens (including phenoxy) is 2. The minimum absolute atomic E-state index is 0.654. The van der Waals surface area contributed by atoms with Crippen molar-refractivity contribution < 1.29 is 19.1 Å². The first-order valence-electron chi connectivity index (χ1n) is 3.74. The molecular formula is C9H6O4. The first-order chi connectivity index (χ1) is 6.27. The Morgan fingerprint density at radius 3 is 2.00 bits per heavy atom. The van der Waals surface area contributed by atoms with Crippen molar-refractivity contribution in [1.82, 2.24) is 0 Å². The van der Waals surface area contributed by atoms with Gasteiger partial charge >= 0.3 is 11.9 Å². The summed E-state index contributed by atoms with van der Waals surface area (Å²) in [7, 11) is 0. The Kier molecular flexibility index (Phi) is 1.73. The molecule has 4 heteroatoms. The molecule has 13 heavy (non-hydrogen) atoms. The van der Waals surface area contributed by atoms with Crippen molar-refractivity contribution in [3.8, 4) is 0 Å². The maximum Gasteiger partial charge on any atom is 0.420 e. The van der Waals surface area contributed by atoms with E-state index in [9.17, 15) is 9.59 Å². The summed E-state index contributed by atoms with van der Waals surface area (Å²) in [5, 5.41) is 0. The molecule has 0 atom stereocenters. The van der Waals surface area contributed by atoms with Gasteiger partial charge in [0.05, 0.1) is 0 Å². The molecule has 0 radical (unpaired) electrons. The topological polar surface area (TPSA) is 52.6 Å². The fourth-order valence-electron chi connectivity index (χ4n) is 1.06. The van der Waals surface area contributed by atoms with E-state index in [2.05, 4.69) is 9.47 Å². The van der Waals surface area contributed by atoms with Gasteiger partial charge in [0, 0.05) is 5.56 Å². The molecule has 1 aliphatic rings. The number of hydrogen-bond acceptors (Lipinski definition) is 4. The lowest BCUT2D eigenvalue weighted by molar-refractivity contribution is -0.150. The number of benzene rings is 1. The minimum Gasteiger partial charge on any atom is -0.412 e. The standard InChI is InChI=1S/C9H6O4/c10-7-8(11)13-9(12-7)6-4-2-1-3-5-6/h1-5,9H. The number of cyclic esters (lactones) is 2. The van der Waals surface area contributed by atoms with E-state index in [4.69, 9.17) is 0 Å². The maximum absolute atomic E-state index is 10.7. The van der Waals surface area contributed by atoms with Gasteiger partial charge < -0.3 is 9.47 Å². The first-order valence-corrected chi connectivity index (χ1v) is 3.74. The van der Waals surface area contributed by atoms with E-state index in [1.54, 1.807) is 24.3 Å². The molecular weight excluding hydrogens is 172 g/mol. The third-order valence-electron chi connectivity index (χ3n) is 1.67. The van der Waals surface area contributed by atoms with Gasteiger partial charge in [-0.2, -0.15) is 0 Å². The van der Waals surface area contributed by atoms with E-state index >= 15 is 0 Å². The van der Waals surface area contributed by atoms with Crippen molar-refractivity contribution in [1.29, 1.82) is 0 Å². The summed E-state index contributed by atoms with van der Waals surface area (Å²) in [5.41, 5.74) is 0.654. The molecule has 0 amide bonds. The fourth-order valence-corrected chi connectivity index (χ4v) is 1.06. The molecule has 1 aromatic carbocycles. The van der Waals surface area contributed by atoms with Gasteiger partial charge in [-0.05, 0) is 0 Å². The number of rotatable bonds is 1. The second kappa shape index (κ2) is 2.90. The highest BCUT2D eigenvalue weighted by Crippen LogP contribution is 2.23. The number of esters is 2. The maximum atomic E-state index is 10.7. The van der Waals surface area contributed by atoms with Gasteiger partial charge in [0.15, 0.2) is 0 Å². The quantitative estimate of drug-likeness (QED) is 0.471. The van der Waals surface area contributed by atoms with E-state index in [0.717, 1.165) is 0 Å². The zero-order valence-corrected chi connectivity index (χ0v) is 6.60. The highest BCUT2D eigenvalue weighted by molar-refractivity contribution is 6.30. The van der Waals surface area contributed by atoms with E-state index in [1.807, 2.05) is 6.07 Å². The van der Waals surface area contributed by atoms with Crippen molar-refractivity contribution in [3.05, 3.63) is 35.9 Å². The molecule has 0 N–H and O–H groups in total. The monoisotopic (exact) mass is 178 g/mol. The lowest BCUT2D eigenvalue weighted by atomic mass is 10.2. The molecule has 66 valence electrons. The number of carbonyl (C=O) groups excluding carboxylic acids is 2. The summed E-state index contributed by atoms with van der Waals surface area (Å²) < 4.78 is 9.30. The summed E-state index contributed by atoms with van der Waals surface area (Å²) in [6.45, 7) is 0. The molecule has 0 saturated carbocycles. The Hall–Kier alpha value is -1.84. The van der Waals surface area contributed by atoms with Crippen LogP contribution in [-0.2, 0) is 19.1 Å². The van der Waals surface area contributed by atoms with E-state index in [0.29, 0.717) is 5.56 Å². The van der Waals surface area contributed by atoms with Gasteiger partial charge in [-0.3, -0.25) is 0 Å². The van der Waals surface area contributed by atoms with Crippen molar-refractivity contribution in [2.75, 3.05) is 0 Å². The highest BCUT2D eigenvalue weighted by Gasteiger charge is 2.34. The van der Waals surface area contributed by atoms with Crippen LogP contribution in [-0.4, -0.2) is 11.9 Å². The summed E-state index contributed by atoms with van der Waals surface area (Å²) in [6.07, 6.45) is -0.874. The highest BCUT2D eigenvalue weighted by atomic mass is 16.8. The third-order valence-corrected chi connectivity index (χ3v) is 1.67. The second-order valence-corrected chi connectivity index (χ2v) is 2.55. The predicted octanol–water partition coefficient (Wildman–Crippen LogP) is 0.785. The van der Waals surface area contributed by atoms with Crippen LogP contribution in [0.2, 0.25) is 0 Å². The lowest BCUT2D eigenvalue weighted by Gasteiger charge is -2.06. The zero-order chi connectivity index (χ0) is 9.26. The van der Waals surface area contributed by atoms with Gasteiger partial charge in [0.2, 0.25) is 0 Å². The van der Waals surface area contributed by atoms with Gasteiger partial charge in [0.25, 0.3) is 6.29 Å². The SMILES string of the molecule is O=C1OC(c2ccccc2)OC1=O. The smallest absolute Gasteiger partial charge is 0.412 e. The molecule has 1 aromatic rings. The molecule has 0 aromatic heterocycles. The van der Waals surface area contributed by atoms with Crippen molar-refractivity contribution in [2.24, 2.45) is 0 Å². The van der Waals surface area contributed by atoms with Crippen LogP contribution in [0.5, 0.6) is 0 Å². The van der Waals surface area contributed by atoms with Gasteiger partial charge in [-0.15, -0.1) is 0 Å². The summed E-state index contributed by atoms with van der Waals surface area (Å²) in [5.74, 6) is -1.87. The molecule has 1 saturated heterocycles. The summed E-state index contributed by atoms with van der Waals surface area (Å²) >= 11 is 0. The molecule has 1 aliphatic heterocycles. The largest absolute Gasteiger partial charge is 0.420 e. The van der Waals surface area contributed by atoms with Gasteiger partial charge in [-0.1, -0.05) is 30.3 Å². The summed E-state index contributed by atoms with van der Waals surface area (Å²) in [4.78, 5) is 21.3. The van der Waals surface area contributed by atoms with Crippen LogP contribution in [0.15, 0.2) is 30.3 Å². The molecule has 0 aliphatic carbocycles.